The Labute approximate surface area is 160 Å². The number of hydrogen-bond donors (Lipinski definition) is 1. The topological polar surface area (TPSA) is 35.6 Å². The van der Waals surface area contributed by atoms with Gasteiger partial charge in [0.1, 0.15) is 0 Å². The summed E-state index contributed by atoms with van der Waals surface area (Å²) in [4.78, 5) is 17.3. The normalized spacial score (nSPS) is 17.1. The van der Waals surface area contributed by atoms with Gasteiger partial charge in [0.15, 0.2) is 0 Å². The first-order valence-corrected chi connectivity index (χ1v) is 9.88. The molecule has 0 bridgehead atoms. The van der Waals surface area contributed by atoms with Crippen molar-refractivity contribution in [1.82, 2.24) is 15.1 Å². The molecule has 0 unspecified atom stereocenters. The molecule has 146 valence electrons. The number of allylic oxidation sites excluding steroid dienone is 2. The maximum absolute atomic E-state index is 12.6. The molecule has 4 heteroatoms. The minimum Gasteiger partial charge on any atom is -0.351 e. The molecule has 1 aliphatic rings. The maximum Gasteiger partial charge on any atom is 0.251 e. The predicted molar refractivity (Wildman–Crippen MR) is 113 cm³/mol. The molecule has 1 aromatic rings. The van der Waals surface area contributed by atoms with Crippen LogP contribution in [-0.4, -0.2) is 62.0 Å². The molecule has 2 rings (SSSR count). The number of nitrogens with zero attached hydrogens (tertiary/aromatic N) is 2. The Morgan fingerprint density at radius 2 is 1.88 bits per heavy atom. The number of benzene rings is 1. The van der Waals surface area contributed by atoms with Crippen LogP contribution < -0.4 is 5.32 Å². The van der Waals surface area contributed by atoms with E-state index < -0.39 is 0 Å². The van der Waals surface area contributed by atoms with Crippen molar-refractivity contribution in [3.8, 4) is 0 Å². The molecule has 0 radical (unpaired) electrons. The Morgan fingerprint density at radius 1 is 1.19 bits per heavy atom. The number of likely N-dealkylation sites (N-methyl/N-ethyl adjacent to an activating group) is 1. The molecule has 1 saturated heterocycles. The number of rotatable bonds is 7. The van der Waals surface area contributed by atoms with Crippen molar-refractivity contribution in [2.75, 3.05) is 46.3 Å². The highest BCUT2D eigenvalue weighted by Gasteiger charge is 2.14. The van der Waals surface area contributed by atoms with Crippen molar-refractivity contribution in [3.63, 3.8) is 0 Å². The lowest BCUT2D eigenvalue weighted by molar-refractivity contribution is 0.0941. The molecule has 26 heavy (non-hydrogen) atoms. The van der Waals surface area contributed by atoms with E-state index >= 15 is 0 Å². The number of piperazine rings is 1. The standard InChI is InChI=1S/C22H35N3O.H2/c1-6-7-17(2)19(4)21-16-20(9-8-18(21)3)22(26)23-10-11-25-14-12-24(5)13-15-25;/h8-9,16H,6-7,10-15H2,1-5H3,(H,23,26);1H/b19-17-;. The first-order chi connectivity index (χ1) is 12.4. The number of carbonyl (C=O) groups excluding carboxylic acids is 1. The Balaban J connectivity index is 0.00000364. The molecule has 4 nitrogen and oxygen atoms in total. The van der Waals surface area contributed by atoms with Crippen LogP contribution in [0.3, 0.4) is 0 Å². The van der Waals surface area contributed by atoms with Gasteiger partial charge in [0.25, 0.3) is 5.91 Å². The van der Waals surface area contributed by atoms with Crippen molar-refractivity contribution >= 4 is 11.5 Å². The number of amides is 1. The molecule has 1 fully saturated rings. The number of nitrogens with one attached hydrogen (secondary N) is 1. The van der Waals surface area contributed by atoms with Crippen molar-refractivity contribution in [1.29, 1.82) is 0 Å². The van der Waals surface area contributed by atoms with Crippen molar-refractivity contribution in [2.45, 2.75) is 40.5 Å². The third-order valence-electron chi connectivity index (χ3n) is 5.48. The van der Waals surface area contributed by atoms with E-state index in [1.165, 1.54) is 22.3 Å². The summed E-state index contributed by atoms with van der Waals surface area (Å²) < 4.78 is 0. The van der Waals surface area contributed by atoms with Crippen molar-refractivity contribution in [2.24, 2.45) is 0 Å². The molecule has 1 amide bonds. The molecule has 1 heterocycles. The second-order valence-electron chi connectivity index (χ2n) is 7.59. The van der Waals surface area contributed by atoms with Gasteiger partial charge < -0.3 is 10.2 Å². The minimum atomic E-state index is 0. The minimum absolute atomic E-state index is 0. The van der Waals surface area contributed by atoms with Gasteiger partial charge in [-0.25, -0.2) is 0 Å². The van der Waals surface area contributed by atoms with Crippen molar-refractivity contribution < 1.29 is 6.22 Å². The van der Waals surface area contributed by atoms with E-state index in [-0.39, 0.29) is 7.33 Å². The lowest BCUT2D eigenvalue weighted by Crippen LogP contribution is -2.46. The van der Waals surface area contributed by atoms with Crippen LogP contribution in [0.1, 0.15) is 56.5 Å². The fourth-order valence-electron chi connectivity index (χ4n) is 3.46. The molecular formula is C22H37N3O. The van der Waals surface area contributed by atoms with Crippen molar-refractivity contribution in [3.05, 3.63) is 40.5 Å². The largest absolute Gasteiger partial charge is 0.351 e. The Morgan fingerprint density at radius 3 is 2.54 bits per heavy atom. The Kier molecular flexibility index (Phi) is 7.85. The summed E-state index contributed by atoms with van der Waals surface area (Å²) in [6, 6.07) is 6.05. The fraction of sp³-hybridized carbons (Fsp3) is 0.591. The highest BCUT2D eigenvalue weighted by molar-refractivity contribution is 5.95. The quantitative estimate of drug-likeness (QED) is 0.804. The first kappa shape index (κ1) is 20.7. The van der Waals surface area contributed by atoms with Crippen LogP contribution in [0.4, 0.5) is 0 Å². The van der Waals surface area contributed by atoms with Crippen LogP contribution in [0, 0.1) is 6.92 Å². The molecule has 0 aliphatic carbocycles. The van der Waals surface area contributed by atoms with Gasteiger partial charge in [-0.05, 0) is 63.1 Å². The zero-order chi connectivity index (χ0) is 19.1. The average molecular weight is 360 g/mol. The van der Waals surface area contributed by atoms with Gasteiger partial charge in [0, 0.05) is 46.3 Å². The third-order valence-corrected chi connectivity index (χ3v) is 5.48. The SMILES string of the molecule is CCC/C(C)=C(/C)c1cc(C(=O)NCCN2CCN(C)CC2)ccc1C.[HH]. The fourth-order valence-corrected chi connectivity index (χ4v) is 3.46. The van der Waals surface area contributed by atoms with E-state index in [0.717, 1.165) is 51.1 Å². The second kappa shape index (κ2) is 9.89. The summed E-state index contributed by atoms with van der Waals surface area (Å²) in [6.07, 6.45) is 2.25. The van der Waals surface area contributed by atoms with Gasteiger partial charge in [0.2, 0.25) is 0 Å². The average Bonchev–Trinajstić information content (AvgIpc) is 2.63. The molecule has 1 N–H and O–H groups in total. The second-order valence-corrected chi connectivity index (χ2v) is 7.59. The predicted octanol–water partition coefficient (Wildman–Crippen LogP) is 3.81. The monoisotopic (exact) mass is 359 g/mol. The zero-order valence-corrected chi connectivity index (χ0v) is 17.2. The number of carbonyl (C=O) groups is 1. The van der Waals surface area contributed by atoms with Crippen LogP contribution in [0.5, 0.6) is 0 Å². The summed E-state index contributed by atoms with van der Waals surface area (Å²) in [7, 11) is 2.16. The number of hydrogen-bond acceptors (Lipinski definition) is 3. The zero-order valence-electron chi connectivity index (χ0n) is 17.2. The van der Waals surface area contributed by atoms with E-state index in [4.69, 9.17) is 0 Å². The third kappa shape index (κ3) is 5.68. The van der Waals surface area contributed by atoms with Gasteiger partial charge >= 0.3 is 0 Å². The molecule has 0 saturated carbocycles. The number of aryl methyl sites for hydroxylation is 1. The summed E-state index contributed by atoms with van der Waals surface area (Å²) in [5.41, 5.74) is 5.89. The van der Waals surface area contributed by atoms with Gasteiger partial charge in [-0.15, -0.1) is 0 Å². The van der Waals surface area contributed by atoms with Gasteiger partial charge in [0.05, 0.1) is 0 Å². The molecule has 1 aliphatic heterocycles. The molecule has 0 spiro atoms. The van der Waals surface area contributed by atoms with E-state index in [1.807, 2.05) is 6.07 Å². The molecule has 0 aromatic heterocycles. The van der Waals surface area contributed by atoms with E-state index in [1.54, 1.807) is 0 Å². The van der Waals surface area contributed by atoms with Crippen LogP contribution in [0.15, 0.2) is 23.8 Å². The molecular weight excluding hydrogens is 322 g/mol. The highest BCUT2D eigenvalue weighted by Crippen LogP contribution is 2.25. The van der Waals surface area contributed by atoms with Crippen LogP contribution >= 0.6 is 0 Å². The lowest BCUT2D eigenvalue weighted by atomic mass is 9.94. The Bertz CT molecular complexity index is 649. The summed E-state index contributed by atoms with van der Waals surface area (Å²) >= 11 is 0. The summed E-state index contributed by atoms with van der Waals surface area (Å²) in [5.74, 6) is 0.0290. The van der Waals surface area contributed by atoms with E-state index in [2.05, 4.69) is 62.0 Å². The highest BCUT2D eigenvalue weighted by atomic mass is 16.1. The van der Waals surface area contributed by atoms with Gasteiger partial charge in [-0.2, -0.15) is 0 Å². The van der Waals surface area contributed by atoms with E-state index in [9.17, 15) is 4.79 Å². The van der Waals surface area contributed by atoms with Gasteiger partial charge in [-0.1, -0.05) is 25.0 Å². The first-order valence-electron chi connectivity index (χ1n) is 9.88. The molecule has 1 aromatic carbocycles. The Hall–Kier alpha value is -1.65. The molecule has 0 atom stereocenters. The van der Waals surface area contributed by atoms with Gasteiger partial charge in [-0.3, -0.25) is 9.69 Å². The lowest BCUT2D eigenvalue weighted by Gasteiger charge is -2.32. The summed E-state index contributed by atoms with van der Waals surface area (Å²) in [6.45, 7) is 14.7. The van der Waals surface area contributed by atoms with E-state index in [0.29, 0.717) is 6.54 Å². The van der Waals surface area contributed by atoms with Crippen LogP contribution in [-0.2, 0) is 0 Å². The maximum atomic E-state index is 12.6. The summed E-state index contributed by atoms with van der Waals surface area (Å²) in [5, 5.41) is 3.09. The van der Waals surface area contributed by atoms with Crippen LogP contribution in [0.2, 0.25) is 0 Å². The smallest absolute Gasteiger partial charge is 0.251 e. The van der Waals surface area contributed by atoms with Crippen LogP contribution in [0.25, 0.3) is 5.57 Å².